The van der Waals surface area contributed by atoms with E-state index in [0.29, 0.717) is 0 Å². The molecule has 1 aliphatic heterocycles. The molecule has 0 saturated carbocycles. The van der Waals surface area contributed by atoms with Crippen molar-refractivity contribution in [2.45, 2.75) is 26.3 Å². The average molecular weight is 234 g/mol. The van der Waals surface area contributed by atoms with E-state index in [2.05, 4.69) is 28.4 Å². The Morgan fingerprint density at radius 3 is 2.71 bits per heavy atom. The van der Waals surface area contributed by atoms with Crippen molar-refractivity contribution in [1.29, 1.82) is 0 Å². The molecule has 0 bridgehead atoms. The summed E-state index contributed by atoms with van der Waals surface area (Å²) < 4.78 is 5.77. The number of anilines is 1. The van der Waals surface area contributed by atoms with Crippen LogP contribution in [0.3, 0.4) is 0 Å². The summed E-state index contributed by atoms with van der Waals surface area (Å²) in [5.41, 5.74) is 2.53. The van der Waals surface area contributed by atoms with Crippen LogP contribution in [-0.4, -0.2) is 26.7 Å². The molecule has 0 aromatic heterocycles. The standard InChI is InChI=1S/C14H22N2O/c1-3-17-14-10-12(11-15-2)6-7-13(14)16-8-4-5-9-16/h6-7,10,15H,3-5,8-9,11H2,1-2H3. The quantitative estimate of drug-likeness (QED) is 0.846. The minimum Gasteiger partial charge on any atom is -0.492 e. The van der Waals surface area contributed by atoms with E-state index in [0.717, 1.165) is 32.0 Å². The lowest BCUT2D eigenvalue weighted by Gasteiger charge is -2.21. The van der Waals surface area contributed by atoms with Crippen LogP contribution in [0.2, 0.25) is 0 Å². The molecule has 3 nitrogen and oxygen atoms in total. The van der Waals surface area contributed by atoms with Crippen molar-refractivity contribution >= 4 is 5.69 Å². The lowest BCUT2D eigenvalue weighted by Crippen LogP contribution is -2.19. The molecule has 1 saturated heterocycles. The Morgan fingerprint density at radius 2 is 2.06 bits per heavy atom. The number of benzene rings is 1. The first kappa shape index (κ1) is 12.2. The first-order valence-corrected chi connectivity index (χ1v) is 6.50. The van der Waals surface area contributed by atoms with Gasteiger partial charge in [-0.1, -0.05) is 6.07 Å². The Balaban J connectivity index is 2.23. The summed E-state index contributed by atoms with van der Waals surface area (Å²) in [6.07, 6.45) is 2.59. The third-order valence-corrected chi connectivity index (χ3v) is 3.15. The Hall–Kier alpha value is -1.22. The van der Waals surface area contributed by atoms with E-state index in [1.54, 1.807) is 0 Å². The van der Waals surface area contributed by atoms with Gasteiger partial charge in [0.1, 0.15) is 5.75 Å². The van der Waals surface area contributed by atoms with Crippen molar-refractivity contribution in [2.24, 2.45) is 0 Å². The molecule has 2 rings (SSSR count). The van der Waals surface area contributed by atoms with Gasteiger partial charge in [-0.15, -0.1) is 0 Å². The average Bonchev–Trinajstić information content (AvgIpc) is 2.84. The summed E-state index contributed by atoms with van der Waals surface area (Å²) in [6, 6.07) is 6.54. The van der Waals surface area contributed by atoms with Gasteiger partial charge in [0.25, 0.3) is 0 Å². The van der Waals surface area contributed by atoms with E-state index in [4.69, 9.17) is 4.74 Å². The van der Waals surface area contributed by atoms with Gasteiger partial charge in [0.05, 0.1) is 12.3 Å². The maximum atomic E-state index is 5.77. The van der Waals surface area contributed by atoms with Crippen LogP contribution in [0.25, 0.3) is 0 Å². The van der Waals surface area contributed by atoms with Crippen LogP contribution < -0.4 is 15.0 Å². The highest BCUT2D eigenvalue weighted by atomic mass is 16.5. The minimum absolute atomic E-state index is 0.726. The third-order valence-electron chi connectivity index (χ3n) is 3.15. The van der Waals surface area contributed by atoms with Crippen LogP contribution in [-0.2, 0) is 6.54 Å². The molecule has 94 valence electrons. The molecule has 0 aliphatic carbocycles. The number of nitrogens with one attached hydrogen (secondary N) is 1. The molecule has 0 spiro atoms. The molecule has 0 amide bonds. The fraction of sp³-hybridized carbons (Fsp3) is 0.571. The largest absolute Gasteiger partial charge is 0.492 e. The summed E-state index contributed by atoms with van der Waals surface area (Å²) in [4.78, 5) is 2.42. The van der Waals surface area contributed by atoms with Crippen LogP contribution in [0, 0.1) is 0 Å². The Labute approximate surface area is 104 Å². The highest BCUT2D eigenvalue weighted by molar-refractivity contribution is 5.60. The number of hydrogen-bond acceptors (Lipinski definition) is 3. The molecule has 1 aliphatic rings. The molecule has 1 fully saturated rings. The fourth-order valence-corrected chi connectivity index (χ4v) is 2.36. The number of ether oxygens (including phenoxy) is 1. The monoisotopic (exact) mass is 234 g/mol. The number of rotatable bonds is 5. The van der Waals surface area contributed by atoms with Gasteiger partial charge in [-0.3, -0.25) is 0 Å². The van der Waals surface area contributed by atoms with E-state index in [9.17, 15) is 0 Å². The Bertz CT molecular complexity index is 359. The number of hydrogen-bond donors (Lipinski definition) is 1. The van der Waals surface area contributed by atoms with Gasteiger partial charge >= 0.3 is 0 Å². The Morgan fingerprint density at radius 1 is 1.29 bits per heavy atom. The molecule has 1 heterocycles. The zero-order valence-electron chi connectivity index (χ0n) is 10.8. The van der Waals surface area contributed by atoms with E-state index < -0.39 is 0 Å². The van der Waals surface area contributed by atoms with Gasteiger partial charge in [0.2, 0.25) is 0 Å². The predicted octanol–water partition coefficient (Wildman–Crippen LogP) is 2.40. The number of nitrogens with zero attached hydrogens (tertiary/aromatic N) is 1. The zero-order valence-corrected chi connectivity index (χ0v) is 10.8. The minimum atomic E-state index is 0.726. The van der Waals surface area contributed by atoms with Gasteiger partial charge in [-0.25, -0.2) is 0 Å². The second kappa shape index (κ2) is 5.92. The van der Waals surface area contributed by atoms with Crippen molar-refractivity contribution in [3.63, 3.8) is 0 Å². The van der Waals surface area contributed by atoms with Crippen molar-refractivity contribution in [2.75, 3.05) is 31.6 Å². The second-order valence-corrected chi connectivity index (χ2v) is 4.46. The maximum absolute atomic E-state index is 5.77. The van der Waals surface area contributed by atoms with Gasteiger partial charge in [-0.05, 0) is 44.5 Å². The smallest absolute Gasteiger partial charge is 0.142 e. The molecular formula is C14H22N2O. The van der Waals surface area contributed by atoms with E-state index in [1.807, 2.05) is 14.0 Å². The molecule has 17 heavy (non-hydrogen) atoms. The molecule has 0 unspecified atom stereocenters. The normalized spacial score (nSPS) is 15.3. The van der Waals surface area contributed by atoms with Crippen molar-refractivity contribution in [3.8, 4) is 5.75 Å². The Kier molecular flexibility index (Phi) is 4.26. The second-order valence-electron chi connectivity index (χ2n) is 4.46. The van der Waals surface area contributed by atoms with Gasteiger partial charge < -0.3 is 15.0 Å². The molecule has 1 aromatic rings. The highest BCUT2D eigenvalue weighted by Crippen LogP contribution is 2.32. The molecular weight excluding hydrogens is 212 g/mol. The van der Waals surface area contributed by atoms with Crippen LogP contribution in [0.5, 0.6) is 5.75 Å². The molecule has 0 atom stereocenters. The van der Waals surface area contributed by atoms with E-state index >= 15 is 0 Å². The first-order chi connectivity index (χ1) is 8.35. The summed E-state index contributed by atoms with van der Waals surface area (Å²) in [5.74, 6) is 1.03. The summed E-state index contributed by atoms with van der Waals surface area (Å²) in [6.45, 7) is 5.97. The van der Waals surface area contributed by atoms with Crippen LogP contribution >= 0.6 is 0 Å². The lowest BCUT2D eigenvalue weighted by atomic mass is 10.1. The van der Waals surface area contributed by atoms with Gasteiger partial charge in [0, 0.05) is 19.6 Å². The molecule has 3 heteroatoms. The highest BCUT2D eigenvalue weighted by Gasteiger charge is 2.16. The van der Waals surface area contributed by atoms with Crippen LogP contribution in [0.1, 0.15) is 25.3 Å². The SMILES string of the molecule is CCOc1cc(CNC)ccc1N1CCCC1. The fourth-order valence-electron chi connectivity index (χ4n) is 2.36. The van der Waals surface area contributed by atoms with Gasteiger partial charge in [-0.2, -0.15) is 0 Å². The summed E-state index contributed by atoms with van der Waals surface area (Å²) in [7, 11) is 1.97. The maximum Gasteiger partial charge on any atom is 0.142 e. The topological polar surface area (TPSA) is 24.5 Å². The van der Waals surface area contributed by atoms with Crippen LogP contribution in [0.15, 0.2) is 18.2 Å². The zero-order chi connectivity index (χ0) is 12.1. The van der Waals surface area contributed by atoms with Crippen molar-refractivity contribution in [1.82, 2.24) is 5.32 Å². The van der Waals surface area contributed by atoms with Gasteiger partial charge in [0.15, 0.2) is 0 Å². The summed E-state index contributed by atoms with van der Waals surface area (Å²) in [5, 5.41) is 3.17. The molecule has 1 aromatic carbocycles. The molecule has 1 N–H and O–H groups in total. The van der Waals surface area contributed by atoms with Crippen LogP contribution in [0.4, 0.5) is 5.69 Å². The molecule has 0 radical (unpaired) electrons. The first-order valence-electron chi connectivity index (χ1n) is 6.50. The van der Waals surface area contributed by atoms with Crippen molar-refractivity contribution in [3.05, 3.63) is 23.8 Å². The summed E-state index contributed by atoms with van der Waals surface area (Å²) >= 11 is 0. The predicted molar refractivity (Wildman–Crippen MR) is 71.8 cm³/mol. The van der Waals surface area contributed by atoms with Crippen molar-refractivity contribution < 1.29 is 4.74 Å². The third kappa shape index (κ3) is 2.91. The van der Waals surface area contributed by atoms with E-state index in [-0.39, 0.29) is 0 Å². The van der Waals surface area contributed by atoms with E-state index in [1.165, 1.54) is 24.1 Å². The lowest BCUT2D eigenvalue weighted by molar-refractivity contribution is 0.340.